The van der Waals surface area contributed by atoms with Gasteiger partial charge in [-0.3, -0.25) is 14.3 Å². The molecule has 2 heterocycles. The van der Waals surface area contributed by atoms with Gasteiger partial charge in [-0.15, -0.1) is 6.58 Å². The number of aromatic nitrogens is 4. The van der Waals surface area contributed by atoms with Crippen molar-refractivity contribution in [1.82, 2.24) is 19.1 Å². The lowest BCUT2D eigenvalue weighted by Crippen LogP contribution is -2.29. The van der Waals surface area contributed by atoms with E-state index < -0.39 is 11.2 Å². The third-order valence-corrected chi connectivity index (χ3v) is 4.87. The molecular formula is C17H18N4O2S. The quantitative estimate of drug-likeness (QED) is 0.569. The maximum absolute atomic E-state index is 12.4. The first-order valence-corrected chi connectivity index (χ1v) is 8.42. The van der Waals surface area contributed by atoms with Gasteiger partial charge in [0.25, 0.3) is 5.56 Å². The molecule has 0 bridgehead atoms. The van der Waals surface area contributed by atoms with E-state index in [1.165, 1.54) is 16.3 Å². The predicted molar refractivity (Wildman–Crippen MR) is 96.7 cm³/mol. The zero-order valence-electron chi connectivity index (χ0n) is 13.5. The van der Waals surface area contributed by atoms with E-state index in [1.54, 1.807) is 7.05 Å². The SMILES string of the molecule is C=C[C@H](C)Sc1nc2c(c(=O)[nH]c(=O)n2C)n1Cc1ccccc1. The predicted octanol–water partition coefficient (Wildman–Crippen LogP) is 2.14. The standard InChI is InChI=1S/C17H18N4O2S/c1-4-11(2)24-17-18-14-13(15(22)19-16(23)20(14)3)21(17)10-12-8-6-5-7-9-12/h4-9,11H,1,10H2,2-3H3,(H,19,22,23)/t11-/m0/s1. The molecule has 7 heteroatoms. The molecule has 0 fully saturated rings. The fraction of sp³-hybridized carbons (Fsp3) is 0.235. The lowest BCUT2D eigenvalue weighted by molar-refractivity contribution is 0.727. The monoisotopic (exact) mass is 342 g/mol. The van der Waals surface area contributed by atoms with E-state index >= 15 is 0 Å². The van der Waals surface area contributed by atoms with Crippen molar-refractivity contribution in [3.05, 3.63) is 69.4 Å². The number of imidazole rings is 1. The first-order valence-electron chi connectivity index (χ1n) is 7.54. The molecule has 0 spiro atoms. The van der Waals surface area contributed by atoms with Gasteiger partial charge in [-0.1, -0.05) is 48.2 Å². The van der Waals surface area contributed by atoms with Crippen LogP contribution in [0.4, 0.5) is 0 Å². The Kier molecular flexibility index (Phi) is 4.44. The molecule has 2 aromatic heterocycles. The Bertz CT molecular complexity index is 1000. The number of aryl methyl sites for hydroxylation is 1. The summed E-state index contributed by atoms with van der Waals surface area (Å²) in [5.41, 5.74) is 0.955. The van der Waals surface area contributed by atoms with Crippen LogP contribution in [-0.4, -0.2) is 24.4 Å². The molecular weight excluding hydrogens is 324 g/mol. The summed E-state index contributed by atoms with van der Waals surface area (Å²) >= 11 is 1.50. The van der Waals surface area contributed by atoms with Crippen LogP contribution in [0.3, 0.4) is 0 Å². The summed E-state index contributed by atoms with van der Waals surface area (Å²) in [7, 11) is 1.60. The lowest BCUT2D eigenvalue weighted by atomic mass is 10.2. The van der Waals surface area contributed by atoms with E-state index in [0.717, 1.165) is 5.56 Å². The minimum Gasteiger partial charge on any atom is -0.309 e. The van der Waals surface area contributed by atoms with Crippen LogP contribution in [-0.2, 0) is 13.6 Å². The molecule has 0 saturated carbocycles. The highest BCUT2D eigenvalue weighted by Gasteiger charge is 2.18. The van der Waals surface area contributed by atoms with E-state index in [4.69, 9.17) is 0 Å². The number of nitrogens with one attached hydrogen (secondary N) is 1. The molecule has 0 aliphatic carbocycles. The Morgan fingerprint density at radius 3 is 2.71 bits per heavy atom. The summed E-state index contributed by atoms with van der Waals surface area (Å²) in [5, 5.41) is 0.820. The summed E-state index contributed by atoms with van der Waals surface area (Å²) in [6.45, 7) is 6.30. The van der Waals surface area contributed by atoms with Gasteiger partial charge in [-0.2, -0.15) is 0 Å². The minimum atomic E-state index is -0.467. The number of hydrogen-bond donors (Lipinski definition) is 1. The summed E-state index contributed by atoms with van der Waals surface area (Å²) in [5.74, 6) is 0. The Labute approximate surface area is 142 Å². The molecule has 0 unspecified atom stereocenters. The molecule has 1 atom stereocenters. The summed E-state index contributed by atoms with van der Waals surface area (Å²) in [4.78, 5) is 31.1. The van der Waals surface area contributed by atoms with Crippen molar-refractivity contribution in [3.8, 4) is 0 Å². The summed E-state index contributed by atoms with van der Waals surface area (Å²) in [6.07, 6.45) is 1.82. The van der Waals surface area contributed by atoms with Gasteiger partial charge < -0.3 is 4.57 Å². The normalized spacial score (nSPS) is 12.4. The largest absolute Gasteiger partial charge is 0.329 e. The summed E-state index contributed by atoms with van der Waals surface area (Å²) in [6, 6.07) is 9.84. The van der Waals surface area contributed by atoms with Crippen LogP contribution >= 0.6 is 11.8 Å². The number of fused-ring (bicyclic) bond motifs is 1. The van der Waals surface area contributed by atoms with Gasteiger partial charge in [0.2, 0.25) is 0 Å². The topological polar surface area (TPSA) is 72.7 Å². The molecule has 124 valence electrons. The molecule has 0 radical (unpaired) electrons. The molecule has 0 amide bonds. The number of nitrogens with zero attached hydrogens (tertiary/aromatic N) is 3. The number of benzene rings is 1. The summed E-state index contributed by atoms with van der Waals surface area (Å²) < 4.78 is 3.22. The van der Waals surface area contributed by atoms with Crippen molar-refractivity contribution >= 4 is 22.9 Å². The zero-order chi connectivity index (χ0) is 17.3. The molecule has 0 saturated heterocycles. The Morgan fingerprint density at radius 2 is 2.04 bits per heavy atom. The van der Waals surface area contributed by atoms with Crippen LogP contribution < -0.4 is 11.2 Å². The first-order chi connectivity index (χ1) is 11.5. The lowest BCUT2D eigenvalue weighted by Gasteiger charge is -2.10. The highest BCUT2D eigenvalue weighted by Crippen LogP contribution is 2.26. The third kappa shape index (κ3) is 2.94. The average molecular weight is 342 g/mol. The molecule has 24 heavy (non-hydrogen) atoms. The Hall–Kier alpha value is -2.54. The van der Waals surface area contributed by atoms with Gasteiger partial charge in [-0.05, 0) is 12.5 Å². The van der Waals surface area contributed by atoms with E-state index in [-0.39, 0.29) is 5.25 Å². The fourth-order valence-corrected chi connectivity index (χ4v) is 3.28. The van der Waals surface area contributed by atoms with Gasteiger partial charge in [0.15, 0.2) is 16.3 Å². The average Bonchev–Trinajstić information content (AvgIpc) is 2.92. The second-order valence-corrected chi connectivity index (χ2v) is 6.86. The van der Waals surface area contributed by atoms with Crippen molar-refractivity contribution in [1.29, 1.82) is 0 Å². The Balaban J connectivity index is 2.24. The number of thioether (sulfide) groups is 1. The van der Waals surface area contributed by atoms with Gasteiger partial charge in [-0.25, -0.2) is 9.78 Å². The number of hydrogen-bond acceptors (Lipinski definition) is 4. The molecule has 6 nitrogen and oxygen atoms in total. The molecule has 3 aromatic rings. The van der Waals surface area contributed by atoms with Crippen LogP contribution in [0.1, 0.15) is 12.5 Å². The minimum absolute atomic E-state index is 0.132. The van der Waals surface area contributed by atoms with Crippen molar-refractivity contribution in [2.75, 3.05) is 0 Å². The second-order valence-electron chi connectivity index (χ2n) is 5.52. The second kappa shape index (κ2) is 6.52. The van der Waals surface area contributed by atoms with Crippen molar-refractivity contribution in [2.24, 2.45) is 7.05 Å². The van der Waals surface area contributed by atoms with E-state index in [9.17, 15) is 9.59 Å². The van der Waals surface area contributed by atoms with Crippen molar-refractivity contribution < 1.29 is 0 Å². The highest BCUT2D eigenvalue weighted by atomic mass is 32.2. The van der Waals surface area contributed by atoms with Crippen LogP contribution in [0.25, 0.3) is 11.2 Å². The van der Waals surface area contributed by atoms with E-state index in [1.807, 2.05) is 47.9 Å². The third-order valence-electron chi connectivity index (χ3n) is 3.78. The van der Waals surface area contributed by atoms with Gasteiger partial charge in [0.1, 0.15) is 0 Å². The fourth-order valence-electron chi connectivity index (χ4n) is 2.43. The smallest absolute Gasteiger partial charge is 0.309 e. The first kappa shape index (κ1) is 16.3. The van der Waals surface area contributed by atoms with E-state index in [2.05, 4.69) is 16.5 Å². The molecule has 3 rings (SSSR count). The van der Waals surface area contributed by atoms with Crippen LogP contribution in [0.2, 0.25) is 0 Å². The van der Waals surface area contributed by atoms with Crippen LogP contribution in [0, 0.1) is 0 Å². The van der Waals surface area contributed by atoms with E-state index in [0.29, 0.717) is 22.9 Å². The Morgan fingerprint density at radius 1 is 1.33 bits per heavy atom. The molecule has 1 aromatic carbocycles. The number of H-pyrrole nitrogens is 1. The molecule has 1 N–H and O–H groups in total. The number of aromatic amines is 1. The van der Waals surface area contributed by atoms with Crippen LogP contribution in [0.15, 0.2) is 57.7 Å². The van der Waals surface area contributed by atoms with Gasteiger partial charge >= 0.3 is 5.69 Å². The van der Waals surface area contributed by atoms with Crippen molar-refractivity contribution in [3.63, 3.8) is 0 Å². The van der Waals surface area contributed by atoms with Crippen molar-refractivity contribution in [2.45, 2.75) is 23.9 Å². The number of rotatable bonds is 5. The maximum Gasteiger partial charge on any atom is 0.329 e. The van der Waals surface area contributed by atoms with Crippen LogP contribution in [0.5, 0.6) is 0 Å². The maximum atomic E-state index is 12.4. The van der Waals surface area contributed by atoms with Gasteiger partial charge in [0, 0.05) is 12.3 Å². The molecule has 0 aliphatic rings. The highest BCUT2D eigenvalue weighted by molar-refractivity contribution is 7.99. The van der Waals surface area contributed by atoms with Gasteiger partial charge in [0.05, 0.1) is 6.54 Å². The zero-order valence-corrected chi connectivity index (χ0v) is 14.3. The molecule has 0 aliphatic heterocycles.